The molecule has 0 aliphatic carbocycles. The molecule has 2 aliphatic rings. The number of nitrogens with zero attached hydrogens (tertiary/aromatic N) is 2. The van der Waals surface area contributed by atoms with E-state index < -0.39 is 0 Å². The molecular formula is C19H19N3O5. The Labute approximate surface area is 155 Å². The smallest absolute Gasteiger partial charge is 0.327 e. The fourth-order valence-corrected chi connectivity index (χ4v) is 3.58. The Hall–Kier alpha value is -3.29. The standard InChI is InChI=1S/C19H19N3O5/c1-26-15-7-6-13(20-17(23)16-5-3-9-27-16)10-12(15)11-22-18(24)14-4-2-8-21(14)19(22)25/h3,5-7,9-10,14H,2,4,8,11H2,1H3,(H,20,23). The molecule has 2 aromatic rings. The van der Waals surface area contributed by atoms with E-state index in [1.807, 2.05) is 0 Å². The molecule has 1 N–H and O–H groups in total. The SMILES string of the molecule is COc1ccc(NC(=O)c2ccco2)cc1CN1C(=O)C2CCCN2C1=O. The summed E-state index contributed by atoms with van der Waals surface area (Å²) >= 11 is 0. The topological polar surface area (TPSA) is 92.1 Å². The van der Waals surface area contributed by atoms with Crippen LogP contribution >= 0.6 is 0 Å². The highest BCUT2D eigenvalue weighted by molar-refractivity contribution is 6.04. The molecule has 8 nitrogen and oxygen atoms in total. The minimum Gasteiger partial charge on any atom is -0.496 e. The third-order valence-electron chi connectivity index (χ3n) is 4.89. The van der Waals surface area contributed by atoms with Crippen molar-refractivity contribution >= 4 is 23.5 Å². The lowest BCUT2D eigenvalue weighted by Crippen LogP contribution is -2.32. The lowest BCUT2D eigenvalue weighted by atomic mass is 10.1. The molecule has 4 amide bonds. The summed E-state index contributed by atoms with van der Waals surface area (Å²) in [6.07, 6.45) is 2.98. The van der Waals surface area contributed by atoms with Crippen molar-refractivity contribution in [3.05, 3.63) is 47.9 Å². The third kappa shape index (κ3) is 3.03. The number of methoxy groups -OCH3 is 1. The maximum absolute atomic E-state index is 12.6. The number of imide groups is 1. The largest absolute Gasteiger partial charge is 0.496 e. The minimum atomic E-state index is -0.384. The summed E-state index contributed by atoms with van der Waals surface area (Å²) in [5, 5.41) is 2.74. The Balaban J connectivity index is 1.55. The summed E-state index contributed by atoms with van der Waals surface area (Å²) in [6.45, 7) is 0.709. The summed E-state index contributed by atoms with van der Waals surface area (Å²) < 4.78 is 10.4. The highest BCUT2D eigenvalue weighted by Crippen LogP contribution is 2.31. The van der Waals surface area contributed by atoms with Crippen molar-refractivity contribution in [2.75, 3.05) is 19.0 Å². The number of carbonyl (C=O) groups is 3. The lowest BCUT2D eigenvalue weighted by Gasteiger charge is -2.18. The molecule has 1 aromatic heterocycles. The van der Waals surface area contributed by atoms with E-state index in [4.69, 9.17) is 9.15 Å². The predicted octanol–water partition coefficient (Wildman–Crippen LogP) is 2.47. The summed E-state index contributed by atoms with van der Waals surface area (Å²) in [5.41, 5.74) is 1.16. The fraction of sp³-hybridized carbons (Fsp3) is 0.316. The second kappa shape index (κ2) is 6.79. The normalized spacial score (nSPS) is 18.8. The molecule has 4 rings (SSSR count). The number of carbonyl (C=O) groups excluding carboxylic acids is 3. The van der Waals surface area contributed by atoms with Crippen molar-refractivity contribution in [1.29, 1.82) is 0 Å². The van der Waals surface area contributed by atoms with Crippen LogP contribution in [0, 0.1) is 0 Å². The van der Waals surface area contributed by atoms with Crippen molar-refractivity contribution < 1.29 is 23.5 Å². The lowest BCUT2D eigenvalue weighted by molar-refractivity contribution is -0.128. The zero-order chi connectivity index (χ0) is 19.0. The first kappa shape index (κ1) is 17.1. The van der Waals surface area contributed by atoms with Crippen molar-refractivity contribution in [3.63, 3.8) is 0 Å². The number of amides is 4. The molecule has 2 aliphatic heterocycles. The van der Waals surface area contributed by atoms with Crippen LogP contribution in [0.2, 0.25) is 0 Å². The van der Waals surface area contributed by atoms with Gasteiger partial charge in [-0.2, -0.15) is 0 Å². The summed E-state index contributed by atoms with van der Waals surface area (Å²) in [4.78, 5) is 40.1. The van der Waals surface area contributed by atoms with Gasteiger partial charge in [0.2, 0.25) is 0 Å². The van der Waals surface area contributed by atoms with E-state index in [1.54, 1.807) is 35.2 Å². The zero-order valence-electron chi connectivity index (χ0n) is 14.8. The number of furan rings is 1. The van der Waals surface area contributed by atoms with Gasteiger partial charge in [-0.05, 0) is 43.2 Å². The maximum atomic E-state index is 12.6. The van der Waals surface area contributed by atoms with Gasteiger partial charge in [0.25, 0.3) is 11.8 Å². The van der Waals surface area contributed by atoms with E-state index in [1.165, 1.54) is 18.3 Å². The van der Waals surface area contributed by atoms with Crippen molar-refractivity contribution in [2.45, 2.75) is 25.4 Å². The average molecular weight is 369 g/mol. The van der Waals surface area contributed by atoms with Gasteiger partial charge in [-0.3, -0.25) is 14.5 Å². The molecule has 0 saturated carbocycles. The predicted molar refractivity (Wildman–Crippen MR) is 95.3 cm³/mol. The van der Waals surface area contributed by atoms with Crippen LogP contribution in [-0.2, 0) is 11.3 Å². The van der Waals surface area contributed by atoms with Gasteiger partial charge in [0.15, 0.2) is 5.76 Å². The van der Waals surface area contributed by atoms with Gasteiger partial charge in [0.05, 0.1) is 19.9 Å². The van der Waals surface area contributed by atoms with Crippen molar-refractivity contribution in [2.24, 2.45) is 0 Å². The van der Waals surface area contributed by atoms with Crippen molar-refractivity contribution in [1.82, 2.24) is 9.80 Å². The van der Waals surface area contributed by atoms with Gasteiger partial charge >= 0.3 is 6.03 Å². The van der Waals surface area contributed by atoms with Crippen LogP contribution in [0.5, 0.6) is 5.75 Å². The number of rotatable bonds is 5. The Bertz CT molecular complexity index is 871. The minimum absolute atomic E-state index is 0.0955. The number of nitrogens with one attached hydrogen (secondary N) is 1. The van der Waals surface area contributed by atoms with E-state index in [0.717, 1.165) is 6.42 Å². The first-order valence-corrected chi connectivity index (χ1v) is 8.72. The highest BCUT2D eigenvalue weighted by Gasteiger charge is 2.47. The number of hydrogen-bond acceptors (Lipinski definition) is 5. The van der Waals surface area contributed by atoms with Gasteiger partial charge in [-0.25, -0.2) is 4.79 Å². The molecule has 0 radical (unpaired) electrons. The summed E-state index contributed by atoms with van der Waals surface area (Å²) in [5.74, 6) is 0.172. The number of urea groups is 1. The number of fused-ring (bicyclic) bond motifs is 1. The number of anilines is 1. The van der Waals surface area contributed by atoms with Crippen LogP contribution < -0.4 is 10.1 Å². The Morgan fingerprint density at radius 3 is 2.89 bits per heavy atom. The van der Waals surface area contributed by atoms with Crippen LogP contribution in [0.1, 0.15) is 29.0 Å². The van der Waals surface area contributed by atoms with E-state index in [0.29, 0.717) is 30.0 Å². The van der Waals surface area contributed by atoms with Gasteiger partial charge in [0, 0.05) is 17.8 Å². The Morgan fingerprint density at radius 2 is 2.19 bits per heavy atom. The zero-order valence-corrected chi connectivity index (χ0v) is 14.8. The molecule has 2 fully saturated rings. The molecule has 8 heteroatoms. The molecule has 0 bridgehead atoms. The molecule has 3 heterocycles. The van der Waals surface area contributed by atoms with E-state index in [9.17, 15) is 14.4 Å². The second-order valence-electron chi connectivity index (χ2n) is 6.52. The summed E-state index contributed by atoms with van der Waals surface area (Å²) in [7, 11) is 1.52. The van der Waals surface area contributed by atoms with Gasteiger partial charge in [-0.15, -0.1) is 0 Å². The van der Waals surface area contributed by atoms with Crippen LogP contribution in [-0.4, -0.2) is 47.3 Å². The first-order valence-electron chi connectivity index (χ1n) is 8.72. The quantitative estimate of drug-likeness (QED) is 0.818. The summed E-state index contributed by atoms with van der Waals surface area (Å²) in [6, 6.07) is 7.66. The van der Waals surface area contributed by atoms with Gasteiger partial charge < -0.3 is 19.4 Å². The number of ether oxygens (including phenoxy) is 1. The van der Waals surface area contributed by atoms with Gasteiger partial charge in [0.1, 0.15) is 11.8 Å². The number of benzene rings is 1. The molecule has 1 atom stereocenters. The molecule has 1 unspecified atom stereocenters. The van der Waals surface area contributed by atoms with Crippen LogP contribution in [0.15, 0.2) is 41.0 Å². The third-order valence-corrected chi connectivity index (χ3v) is 4.89. The first-order chi connectivity index (χ1) is 13.1. The molecule has 2 saturated heterocycles. The Morgan fingerprint density at radius 1 is 1.33 bits per heavy atom. The van der Waals surface area contributed by atoms with Crippen molar-refractivity contribution in [3.8, 4) is 5.75 Å². The van der Waals surface area contributed by atoms with E-state index >= 15 is 0 Å². The van der Waals surface area contributed by atoms with E-state index in [-0.39, 0.29) is 36.2 Å². The molecule has 140 valence electrons. The van der Waals surface area contributed by atoms with Crippen LogP contribution in [0.4, 0.5) is 10.5 Å². The number of hydrogen-bond donors (Lipinski definition) is 1. The highest BCUT2D eigenvalue weighted by atomic mass is 16.5. The average Bonchev–Trinajstić information content (AvgIpc) is 3.40. The van der Waals surface area contributed by atoms with Gasteiger partial charge in [-0.1, -0.05) is 0 Å². The Kier molecular flexibility index (Phi) is 4.31. The fourth-order valence-electron chi connectivity index (χ4n) is 3.58. The monoisotopic (exact) mass is 369 g/mol. The van der Waals surface area contributed by atoms with Crippen LogP contribution in [0.25, 0.3) is 0 Å². The second-order valence-corrected chi connectivity index (χ2v) is 6.52. The molecule has 27 heavy (non-hydrogen) atoms. The molecule has 0 spiro atoms. The molecular weight excluding hydrogens is 350 g/mol. The van der Waals surface area contributed by atoms with E-state index in [2.05, 4.69) is 5.32 Å². The van der Waals surface area contributed by atoms with Crippen LogP contribution in [0.3, 0.4) is 0 Å². The molecule has 1 aromatic carbocycles. The maximum Gasteiger partial charge on any atom is 0.327 e.